The topological polar surface area (TPSA) is 95.2 Å². The number of nitrogens with zero attached hydrogens (tertiary/aromatic N) is 1. The molecular formula is C19H21Cl2N3O4. The smallest absolute Gasteiger partial charge is 0.332 e. The quantitative estimate of drug-likeness (QED) is 0.358. The maximum absolute atomic E-state index is 10.6. The van der Waals surface area contributed by atoms with Crippen LogP contribution in [0.4, 0.5) is 4.79 Å². The third kappa shape index (κ3) is 6.51. The van der Waals surface area contributed by atoms with Crippen molar-refractivity contribution in [1.82, 2.24) is 5.43 Å². The van der Waals surface area contributed by atoms with Gasteiger partial charge < -0.3 is 19.9 Å². The van der Waals surface area contributed by atoms with Crippen molar-refractivity contribution in [2.24, 2.45) is 10.8 Å². The molecule has 0 aliphatic heterocycles. The lowest BCUT2D eigenvalue weighted by Gasteiger charge is -2.13. The van der Waals surface area contributed by atoms with Crippen LogP contribution >= 0.6 is 23.2 Å². The van der Waals surface area contributed by atoms with E-state index in [-0.39, 0.29) is 0 Å². The highest BCUT2D eigenvalue weighted by Crippen LogP contribution is 2.36. The first-order valence-electron chi connectivity index (χ1n) is 8.38. The first-order valence-corrected chi connectivity index (χ1v) is 9.14. The van der Waals surface area contributed by atoms with Crippen molar-refractivity contribution in [1.29, 1.82) is 0 Å². The molecule has 2 aromatic rings. The lowest BCUT2D eigenvalue weighted by Crippen LogP contribution is -2.24. The average Bonchev–Trinajstić information content (AvgIpc) is 2.65. The van der Waals surface area contributed by atoms with E-state index in [0.29, 0.717) is 46.7 Å². The van der Waals surface area contributed by atoms with Crippen molar-refractivity contribution >= 4 is 35.4 Å². The Labute approximate surface area is 173 Å². The molecule has 0 atom stereocenters. The summed E-state index contributed by atoms with van der Waals surface area (Å²) in [6, 6.07) is 8.07. The van der Waals surface area contributed by atoms with Gasteiger partial charge in [-0.25, -0.2) is 10.2 Å². The number of hydrogen-bond acceptors (Lipinski definition) is 5. The fourth-order valence-corrected chi connectivity index (χ4v) is 2.65. The Morgan fingerprint density at radius 3 is 2.61 bits per heavy atom. The van der Waals surface area contributed by atoms with Gasteiger partial charge in [0.1, 0.15) is 5.75 Å². The number of primary amides is 1. The van der Waals surface area contributed by atoms with Crippen molar-refractivity contribution in [2.45, 2.75) is 13.3 Å². The summed E-state index contributed by atoms with van der Waals surface area (Å²) in [5.74, 6) is 1.62. The third-order valence-electron chi connectivity index (χ3n) is 3.57. The molecule has 28 heavy (non-hydrogen) atoms. The van der Waals surface area contributed by atoms with E-state index in [9.17, 15) is 4.79 Å². The van der Waals surface area contributed by atoms with Gasteiger partial charge in [-0.2, -0.15) is 5.10 Å². The maximum Gasteiger partial charge on any atom is 0.332 e. The highest BCUT2D eigenvalue weighted by Gasteiger charge is 2.11. The number of amides is 2. The molecule has 0 fully saturated rings. The minimum Gasteiger partial charge on any atom is -0.493 e. The maximum atomic E-state index is 10.6. The molecule has 0 saturated heterocycles. The third-order valence-corrected chi connectivity index (χ3v) is 4.28. The monoisotopic (exact) mass is 425 g/mol. The van der Waals surface area contributed by atoms with Crippen LogP contribution in [0.25, 0.3) is 0 Å². The summed E-state index contributed by atoms with van der Waals surface area (Å²) < 4.78 is 16.7. The fourth-order valence-electron chi connectivity index (χ4n) is 2.25. The normalized spacial score (nSPS) is 10.7. The molecule has 7 nitrogen and oxygen atoms in total. The van der Waals surface area contributed by atoms with Gasteiger partial charge in [-0.3, -0.25) is 0 Å². The summed E-state index contributed by atoms with van der Waals surface area (Å²) in [7, 11) is 1.51. The van der Waals surface area contributed by atoms with Gasteiger partial charge in [-0.1, -0.05) is 23.2 Å². The number of aryl methyl sites for hydroxylation is 1. The number of ether oxygens (including phenoxy) is 3. The molecule has 0 saturated carbocycles. The van der Waals surface area contributed by atoms with Crippen LogP contribution in [0.1, 0.15) is 17.5 Å². The largest absolute Gasteiger partial charge is 0.493 e. The van der Waals surface area contributed by atoms with Crippen LogP contribution < -0.4 is 25.4 Å². The molecule has 0 radical (unpaired) electrons. The Morgan fingerprint density at radius 2 is 1.93 bits per heavy atom. The molecule has 3 N–H and O–H groups in total. The molecule has 0 aliphatic rings. The van der Waals surface area contributed by atoms with Crippen molar-refractivity contribution < 1.29 is 19.0 Å². The van der Waals surface area contributed by atoms with Crippen LogP contribution in [-0.2, 0) is 0 Å². The number of carbonyl (C=O) groups is 1. The second-order valence-electron chi connectivity index (χ2n) is 5.73. The molecule has 150 valence electrons. The number of halogens is 2. The van der Waals surface area contributed by atoms with E-state index in [2.05, 4.69) is 10.5 Å². The van der Waals surface area contributed by atoms with Crippen LogP contribution in [-0.4, -0.2) is 32.6 Å². The number of carbonyl (C=O) groups excluding carboxylic acids is 1. The predicted molar refractivity (Wildman–Crippen MR) is 110 cm³/mol. The van der Waals surface area contributed by atoms with Crippen molar-refractivity contribution in [3.05, 3.63) is 51.5 Å². The van der Waals surface area contributed by atoms with Crippen LogP contribution in [0.15, 0.2) is 35.4 Å². The van der Waals surface area contributed by atoms with Gasteiger partial charge in [0, 0.05) is 11.4 Å². The molecule has 0 heterocycles. The van der Waals surface area contributed by atoms with Gasteiger partial charge in [0.2, 0.25) is 0 Å². The van der Waals surface area contributed by atoms with Crippen molar-refractivity contribution in [3.63, 3.8) is 0 Å². The molecule has 2 rings (SSSR count). The summed E-state index contributed by atoms with van der Waals surface area (Å²) in [5.41, 5.74) is 8.63. The van der Waals surface area contributed by atoms with Crippen molar-refractivity contribution in [2.75, 3.05) is 20.3 Å². The second kappa shape index (κ2) is 10.6. The van der Waals surface area contributed by atoms with Crippen LogP contribution in [0.3, 0.4) is 0 Å². The van der Waals surface area contributed by atoms with Gasteiger partial charge in [0.25, 0.3) is 0 Å². The minimum absolute atomic E-state index is 0.356. The number of nitrogens with one attached hydrogen (secondary N) is 1. The molecule has 2 amide bonds. The molecule has 9 heteroatoms. The van der Waals surface area contributed by atoms with Gasteiger partial charge in [0.15, 0.2) is 11.5 Å². The van der Waals surface area contributed by atoms with Gasteiger partial charge >= 0.3 is 6.03 Å². The Morgan fingerprint density at radius 1 is 1.18 bits per heavy atom. The average molecular weight is 426 g/mol. The number of methoxy groups -OCH3 is 1. The van der Waals surface area contributed by atoms with Gasteiger partial charge in [-0.05, 0) is 48.4 Å². The first-order chi connectivity index (χ1) is 13.4. The van der Waals surface area contributed by atoms with Gasteiger partial charge in [-0.15, -0.1) is 0 Å². The molecule has 2 aromatic carbocycles. The van der Waals surface area contributed by atoms with E-state index in [1.54, 1.807) is 18.2 Å². The second-order valence-corrected chi connectivity index (χ2v) is 6.54. The molecule has 0 aliphatic carbocycles. The highest BCUT2D eigenvalue weighted by molar-refractivity contribution is 6.32. The van der Waals surface area contributed by atoms with Crippen LogP contribution in [0.5, 0.6) is 17.2 Å². The zero-order chi connectivity index (χ0) is 20.5. The number of hydrazone groups is 1. The Balaban J connectivity index is 1.89. The van der Waals surface area contributed by atoms with Gasteiger partial charge in [0.05, 0.1) is 31.6 Å². The van der Waals surface area contributed by atoms with E-state index in [1.807, 2.05) is 19.1 Å². The minimum atomic E-state index is -0.759. The number of nitrogens with two attached hydrogens (primary N) is 1. The summed E-state index contributed by atoms with van der Waals surface area (Å²) in [6.07, 6.45) is 2.04. The first kappa shape index (κ1) is 21.7. The standard InChI is InChI=1S/C19H21Cl2N3O4/c1-12-8-14(4-5-15(12)20)27-6-3-7-28-18-16(21)9-13(10-17(18)26-2)11-23-24-19(22)25/h4-5,8-11H,3,6-7H2,1-2H3,(H3,22,24,25)/b23-11-. The zero-order valence-electron chi connectivity index (χ0n) is 15.5. The lowest BCUT2D eigenvalue weighted by molar-refractivity contribution is 0.240. The highest BCUT2D eigenvalue weighted by atomic mass is 35.5. The molecule has 0 aromatic heterocycles. The Kier molecular flexibility index (Phi) is 8.22. The van der Waals surface area contributed by atoms with Crippen molar-refractivity contribution in [3.8, 4) is 17.2 Å². The molecule has 0 spiro atoms. The Hall–Kier alpha value is -2.64. The summed E-state index contributed by atoms with van der Waals surface area (Å²) >= 11 is 12.3. The van der Waals surface area contributed by atoms with E-state index >= 15 is 0 Å². The Bertz CT molecular complexity index is 859. The number of hydrogen-bond donors (Lipinski definition) is 2. The predicted octanol–water partition coefficient (Wildman–Crippen LogP) is 4.16. The lowest BCUT2D eigenvalue weighted by atomic mass is 10.2. The zero-order valence-corrected chi connectivity index (χ0v) is 17.0. The molecule has 0 unspecified atom stereocenters. The van der Waals surface area contributed by atoms with E-state index in [4.69, 9.17) is 43.1 Å². The summed E-state index contributed by atoms with van der Waals surface area (Å²) in [4.78, 5) is 10.6. The number of benzene rings is 2. The van der Waals surface area contributed by atoms with Crippen LogP contribution in [0, 0.1) is 6.92 Å². The molecular weight excluding hydrogens is 405 g/mol. The SMILES string of the molecule is COc1cc(/C=N\NC(N)=O)cc(Cl)c1OCCCOc1ccc(Cl)c(C)c1. The molecule has 0 bridgehead atoms. The number of rotatable bonds is 9. The fraction of sp³-hybridized carbons (Fsp3) is 0.263. The van der Waals surface area contributed by atoms with E-state index in [1.165, 1.54) is 13.3 Å². The van der Waals surface area contributed by atoms with E-state index < -0.39 is 6.03 Å². The van der Waals surface area contributed by atoms with E-state index in [0.717, 1.165) is 11.3 Å². The van der Waals surface area contributed by atoms with Crippen LogP contribution in [0.2, 0.25) is 10.0 Å². The summed E-state index contributed by atoms with van der Waals surface area (Å²) in [6.45, 7) is 2.79. The summed E-state index contributed by atoms with van der Waals surface area (Å²) in [5, 5.41) is 4.75. The number of urea groups is 1.